The number of nitrogens with zero attached hydrogens (tertiary/aromatic N) is 4. The third kappa shape index (κ3) is 3.92. The number of methoxy groups -OCH3 is 1. The topological polar surface area (TPSA) is 90.5 Å². The summed E-state index contributed by atoms with van der Waals surface area (Å²) in [5, 5.41) is 17.7. The van der Waals surface area contributed by atoms with Gasteiger partial charge < -0.3 is 9.64 Å². The highest BCUT2D eigenvalue weighted by Gasteiger charge is 2.24. The lowest BCUT2D eigenvalue weighted by Gasteiger charge is -2.33. The van der Waals surface area contributed by atoms with Crippen LogP contribution in [0.1, 0.15) is 12.8 Å². The van der Waals surface area contributed by atoms with Crippen molar-refractivity contribution in [3.8, 4) is 16.9 Å². The number of benzene rings is 3. The van der Waals surface area contributed by atoms with E-state index in [4.69, 9.17) is 4.74 Å². The van der Waals surface area contributed by atoms with E-state index in [2.05, 4.69) is 10.00 Å². The molecule has 1 aromatic heterocycles. The lowest BCUT2D eigenvalue weighted by Crippen LogP contribution is -2.36. The molecule has 0 aliphatic carbocycles. The summed E-state index contributed by atoms with van der Waals surface area (Å²) >= 11 is 0. The number of anilines is 1. The molecule has 1 aliphatic heterocycles. The molecule has 0 spiro atoms. The summed E-state index contributed by atoms with van der Waals surface area (Å²) in [6, 6.07) is 21.6. The van der Waals surface area contributed by atoms with Crippen molar-refractivity contribution in [3.05, 3.63) is 93.3 Å². The fourth-order valence-corrected chi connectivity index (χ4v) is 4.54. The Balaban J connectivity index is 1.71. The molecular weight excluding hydrogens is 432 g/mol. The molecule has 2 heterocycles. The molecule has 5 rings (SSSR count). The van der Waals surface area contributed by atoms with Crippen LogP contribution < -0.4 is 10.5 Å². The second-order valence-electron chi connectivity index (χ2n) is 8.33. The molecule has 8 nitrogen and oxygen atoms in total. The maximum atomic E-state index is 13.5. The van der Waals surface area contributed by atoms with Gasteiger partial charge in [0.25, 0.3) is 11.2 Å². The van der Waals surface area contributed by atoms with Crippen LogP contribution in [-0.4, -0.2) is 41.0 Å². The predicted octanol–water partition coefficient (Wildman–Crippen LogP) is 4.58. The molecule has 1 fully saturated rings. The van der Waals surface area contributed by atoms with Crippen molar-refractivity contribution in [2.45, 2.75) is 18.9 Å². The first-order valence-electron chi connectivity index (χ1n) is 11.2. The van der Waals surface area contributed by atoms with E-state index in [1.165, 1.54) is 10.7 Å². The summed E-state index contributed by atoms with van der Waals surface area (Å²) in [7, 11) is 1.71. The van der Waals surface area contributed by atoms with Gasteiger partial charge in [-0.15, -0.1) is 0 Å². The molecular formula is C26H24N4O4. The number of ether oxygens (including phenoxy) is 1. The van der Waals surface area contributed by atoms with Crippen molar-refractivity contribution in [1.29, 1.82) is 0 Å². The van der Waals surface area contributed by atoms with Crippen LogP contribution in [0.5, 0.6) is 0 Å². The van der Waals surface area contributed by atoms with Crippen LogP contribution in [0, 0.1) is 10.1 Å². The van der Waals surface area contributed by atoms with Crippen molar-refractivity contribution in [1.82, 2.24) is 9.78 Å². The Bertz CT molecular complexity index is 1410. The normalized spacial score (nSPS) is 14.4. The van der Waals surface area contributed by atoms with Crippen molar-refractivity contribution in [3.63, 3.8) is 0 Å². The molecule has 0 saturated carbocycles. The molecule has 0 radical (unpaired) electrons. The van der Waals surface area contributed by atoms with Crippen LogP contribution in [0.4, 0.5) is 11.4 Å². The quantitative estimate of drug-likeness (QED) is 0.323. The summed E-state index contributed by atoms with van der Waals surface area (Å²) in [4.78, 5) is 27.1. The van der Waals surface area contributed by atoms with Crippen LogP contribution in [0.3, 0.4) is 0 Å². The van der Waals surface area contributed by atoms with Gasteiger partial charge in [0.1, 0.15) is 5.69 Å². The van der Waals surface area contributed by atoms with Gasteiger partial charge in [-0.3, -0.25) is 14.9 Å². The Morgan fingerprint density at radius 3 is 2.32 bits per heavy atom. The molecule has 0 unspecified atom stereocenters. The Morgan fingerprint density at radius 2 is 1.65 bits per heavy atom. The number of rotatable bonds is 5. The average molecular weight is 457 g/mol. The Hall–Kier alpha value is -4.04. The third-order valence-electron chi connectivity index (χ3n) is 6.38. The van der Waals surface area contributed by atoms with Gasteiger partial charge in [-0.2, -0.15) is 9.78 Å². The van der Waals surface area contributed by atoms with E-state index in [0.717, 1.165) is 37.2 Å². The number of nitro groups is 1. The summed E-state index contributed by atoms with van der Waals surface area (Å²) < 4.78 is 6.63. The van der Waals surface area contributed by atoms with E-state index < -0.39 is 10.5 Å². The van der Waals surface area contributed by atoms with Gasteiger partial charge in [-0.05, 0) is 31.0 Å². The van der Waals surface area contributed by atoms with E-state index in [1.807, 2.05) is 42.5 Å². The fourth-order valence-electron chi connectivity index (χ4n) is 4.54. The fraction of sp³-hybridized carbons (Fsp3) is 0.231. The zero-order chi connectivity index (χ0) is 23.7. The number of piperidine rings is 1. The minimum atomic E-state index is -0.470. The molecule has 3 aromatic carbocycles. The first-order valence-corrected chi connectivity index (χ1v) is 11.2. The maximum absolute atomic E-state index is 13.5. The van der Waals surface area contributed by atoms with Gasteiger partial charge in [0, 0.05) is 42.9 Å². The van der Waals surface area contributed by atoms with Crippen LogP contribution in [0.25, 0.3) is 27.7 Å². The highest BCUT2D eigenvalue weighted by molar-refractivity contribution is 5.94. The molecule has 0 amide bonds. The zero-order valence-corrected chi connectivity index (χ0v) is 18.8. The minimum Gasteiger partial charge on any atom is -0.381 e. The van der Waals surface area contributed by atoms with Crippen LogP contribution >= 0.6 is 0 Å². The number of fused-ring (bicyclic) bond motifs is 1. The summed E-state index contributed by atoms with van der Waals surface area (Å²) in [6.07, 6.45) is 1.96. The molecule has 0 atom stereocenters. The van der Waals surface area contributed by atoms with Crippen LogP contribution in [0.2, 0.25) is 0 Å². The lowest BCUT2D eigenvalue weighted by atomic mass is 10.0. The van der Waals surface area contributed by atoms with E-state index in [0.29, 0.717) is 16.5 Å². The molecule has 1 aliphatic rings. The molecule has 8 heteroatoms. The van der Waals surface area contributed by atoms with Crippen LogP contribution in [0.15, 0.2) is 77.6 Å². The average Bonchev–Trinajstić information content (AvgIpc) is 2.89. The van der Waals surface area contributed by atoms with E-state index >= 15 is 0 Å². The van der Waals surface area contributed by atoms with Crippen molar-refractivity contribution >= 4 is 22.1 Å². The van der Waals surface area contributed by atoms with Gasteiger partial charge in [0.05, 0.1) is 22.1 Å². The monoisotopic (exact) mass is 456 g/mol. The maximum Gasteiger partial charge on any atom is 0.295 e. The van der Waals surface area contributed by atoms with E-state index in [9.17, 15) is 14.9 Å². The number of aromatic nitrogens is 2. The molecule has 0 N–H and O–H groups in total. The highest BCUT2D eigenvalue weighted by Crippen LogP contribution is 2.31. The third-order valence-corrected chi connectivity index (χ3v) is 6.38. The summed E-state index contributed by atoms with van der Waals surface area (Å²) in [6.45, 7) is 1.54. The van der Waals surface area contributed by atoms with Crippen LogP contribution in [-0.2, 0) is 4.74 Å². The lowest BCUT2D eigenvalue weighted by molar-refractivity contribution is -0.384. The van der Waals surface area contributed by atoms with Gasteiger partial charge in [-0.1, -0.05) is 48.5 Å². The number of hydrogen-bond donors (Lipinski definition) is 0. The second kappa shape index (κ2) is 9.07. The molecule has 34 heavy (non-hydrogen) atoms. The number of nitro benzene ring substituents is 1. The van der Waals surface area contributed by atoms with Gasteiger partial charge in [-0.25, -0.2) is 0 Å². The van der Waals surface area contributed by atoms with Gasteiger partial charge in [0.15, 0.2) is 0 Å². The van der Waals surface area contributed by atoms with Crippen molar-refractivity contribution in [2.75, 3.05) is 25.1 Å². The van der Waals surface area contributed by atoms with Crippen molar-refractivity contribution in [2.24, 2.45) is 0 Å². The van der Waals surface area contributed by atoms with Crippen molar-refractivity contribution < 1.29 is 9.66 Å². The first kappa shape index (κ1) is 21.8. The highest BCUT2D eigenvalue weighted by atomic mass is 16.6. The summed E-state index contributed by atoms with van der Waals surface area (Å²) in [5.74, 6) is 0. The minimum absolute atomic E-state index is 0.157. The Kier molecular flexibility index (Phi) is 5.81. The standard InChI is InChI=1S/C26H24N4O4/c1-34-20-13-15-28(16-14-20)19-11-12-23(30(32)33)24(17-19)29-26(31)22-10-6-5-9-21(22)25(27-29)18-7-3-2-4-8-18/h2-12,17,20H,13-16H2,1H3. The molecule has 1 saturated heterocycles. The summed E-state index contributed by atoms with van der Waals surface area (Å²) in [5.41, 5.74) is 1.83. The Morgan fingerprint density at radius 1 is 0.971 bits per heavy atom. The van der Waals surface area contributed by atoms with Gasteiger partial charge in [0.2, 0.25) is 0 Å². The Labute approximate surface area is 196 Å². The van der Waals surface area contributed by atoms with E-state index in [-0.39, 0.29) is 17.5 Å². The predicted molar refractivity (Wildman–Crippen MR) is 132 cm³/mol. The first-order chi connectivity index (χ1) is 16.6. The zero-order valence-electron chi connectivity index (χ0n) is 18.8. The van der Waals surface area contributed by atoms with E-state index in [1.54, 1.807) is 31.4 Å². The molecule has 0 bridgehead atoms. The largest absolute Gasteiger partial charge is 0.381 e. The molecule has 4 aromatic rings. The second-order valence-corrected chi connectivity index (χ2v) is 8.33. The van der Waals surface area contributed by atoms with Gasteiger partial charge >= 0.3 is 0 Å². The number of hydrogen-bond acceptors (Lipinski definition) is 6. The molecule has 172 valence electrons. The SMILES string of the molecule is COC1CCN(c2ccc([N+](=O)[O-])c(-n3nc(-c4ccccc4)c4ccccc4c3=O)c2)CC1. The smallest absolute Gasteiger partial charge is 0.295 e.